The first-order valence-corrected chi connectivity index (χ1v) is 16.7. The van der Waals surface area contributed by atoms with Gasteiger partial charge in [0.2, 0.25) is 0 Å². The Kier molecular flexibility index (Phi) is 11.9. The molecule has 2 N–H and O–H groups in total. The van der Waals surface area contributed by atoms with Crippen molar-refractivity contribution >= 4 is 23.9 Å². The number of aliphatic hydroxyl groups is 2. The summed E-state index contributed by atoms with van der Waals surface area (Å²) in [6, 6.07) is 0. The maximum atomic E-state index is 13.3. The zero-order valence-corrected chi connectivity index (χ0v) is 28.8. The number of allylic oxidation sites excluding steroid dienone is 1. The number of rotatable bonds is 11. The predicted octanol–water partition coefficient (Wildman–Crippen LogP) is 4.92. The van der Waals surface area contributed by atoms with Crippen LogP contribution in [-0.2, 0) is 38.1 Å². The fourth-order valence-corrected chi connectivity index (χ4v) is 8.34. The SMILES string of the molecule is CCCC(=O)OC1C(C(C)C)C2C3C=C(C)C(O)C(OC(C)=O)C(OC(=O)CCC)C3(C)CC(OC(=O)CC(C)C)C2(C)C1O. The lowest BCUT2D eigenvalue weighted by molar-refractivity contribution is -0.223. The van der Waals surface area contributed by atoms with Crippen LogP contribution >= 0.6 is 0 Å². The zero-order chi connectivity index (χ0) is 34.0. The van der Waals surface area contributed by atoms with Crippen molar-refractivity contribution in [3.8, 4) is 0 Å². The molecule has 3 aliphatic carbocycles. The second kappa shape index (κ2) is 14.5. The van der Waals surface area contributed by atoms with Gasteiger partial charge in [-0.2, -0.15) is 0 Å². The van der Waals surface area contributed by atoms with Gasteiger partial charge in [-0.05, 0) is 55.4 Å². The van der Waals surface area contributed by atoms with Crippen LogP contribution in [-0.4, -0.2) is 70.7 Å². The van der Waals surface area contributed by atoms with Crippen molar-refractivity contribution in [2.45, 2.75) is 144 Å². The highest BCUT2D eigenvalue weighted by Gasteiger charge is 2.72. The lowest BCUT2D eigenvalue weighted by Crippen LogP contribution is -2.63. The molecule has 3 rings (SSSR count). The number of ether oxygens (including phenoxy) is 4. The van der Waals surface area contributed by atoms with Crippen molar-refractivity contribution in [1.82, 2.24) is 0 Å². The van der Waals surface area contributed by atoms with Gasteiger partial charge in [-0.15, -0.1) is 0 Å². The van der Waals surface area contributed by atoms with E-state index in [1.807, 2.05) is 61.5 Å². The lowest BCUT2D eigenvalue weighted by Gasteiger charge is -2.58. The third kappa shape index (κ3) is 7.27. The van der Waals surface area contributed by atoms with Crippen LogP contribution in [0.25, 0.3) is 0 Å². The fourth-order valence-electron chi connectivity index (χ4n) is 8.34. The van der Waals surface area contributed by atoms with Gasteiger partial charge in [0, 0.05) is 42.9 Å². The molecule has 0 aromatic heterocycles. The predicted molar refractivity (Wildman–Crippen MR) is 166 cm³/mol. The Morgan fingerprint density at radius 3 is 1.98 bits per heavy atom. The molecule has 0 aromatic carbocycles. The van der Waals surface area contributed by atoms with E-state index in [0.29, 0.717) is 18.4 Å². The van der Waals surface area contributed by atoms with Gasteiger partial charge >= 0.3 is 23.9 Å². The molecule has 2 saturated carbocycles. The number of esters is 4. The number of hydrogen-bond donors (Lipinski definition) is 2. The van der Waals surface area contributed by atoms with Gasteiger partial charge in [0.1, 0.15) is 30.5 Å². The minimum atomic E-state index is -1.27. The van der Waals surface area contributed by atoms with Crippen molar-refractivity contribution in [1.29, 1.82) is 0 Å². The van der Waals surface area contributed by atoms with E-state index in [0.717, 1.165) is 0 Å². The maximum Gasteiger partial charge on any atom is 0.306 e. The van der Waals surface area contributed by atoms with Crippen LogP contribution < -0.4 is 0 Å². The molecule has 0 radical (unpaired) electrons. The van der Waals surface area contributed by atoms with E-state index in [2.05, 4.69) is 0 Å². The third-order valence-corrected chi connectivity index (χ3v) is 10.5. The Morgan fingerprint density at radius 1 is 0.889 bits per heavy atom. The van der Waals surface area contributed by atoms with Crippen LogP contribution in [0.4, 0.5) is 0 Å². The van der Waals surface area contributed by atoms with Crippen molar-refractivity contribution in [2.24, 2.45) is 40.4 Å². The van der Waals surface area contributed by atoms with Crippen molar-refractivity contribution in [2.75, 3.05) is 0 Å². The summed E-state index contributed by atoms with van der Waals surface area (Å²) < 4.78 is 24.2. The van der Waals surface area contributed by atoms with Gasteiger partial charge in [0.25, 0.3) is 0 Å². The second-order valence-electron chi connectivity index (χ2n) is 14.8. The molecule has 0 bridgehead atoms. The molecule has 0 amide bonds. The van der Waals surface area contributed by atoms with E-state index in [-0.39, 0.29) is 43.4 Å². The highest BCUT2D eigenvalue weighted by Crippen LogP contribution is 2.67. The van der Waals surface area contributed by atoms with Gasteiger partial charge in [0.05, 0.1) is 0 Å². The van der Waals surface area contributed by atoms with Gasteiger partial charge in [-0.3, -0.25) is 19.2 Å². The van der Waals surface area contributed by atoms with E-state index in [1.54, 1.807) is 6.92 Å². The van der Waals surface area contributed by atoms with Crippen LogP contribution in [0.2, 0.25) is 0 Å². The maximum absolute atomic E-state index is 13.3. The smallest absolute Gasteiger partial charge is 0.306 e. The number of hydrogen-bond acceptors (Lipinski definition) is 10. The standard InChI is InChI=1S/C35H56O10/c1-11-13-24(37)44-30-27(19(5)6)28-22-16-20(7)29(40)31(42-21(8)36)33(45-25(38)14-12-2)34(22,9)17-23(35(28,10)32(30)41)43-26(39)15-18(3)4/h16,18-19,22-23,27-33,40-41H,11-15,17H2,1-10H3. The van der Waals surface area contributed by atoms with Gasteiger partial charge in [0.15, 0.2) is 6.10 Å². The molecule has 11 atom stereocenters. The fraction of sp³-hybridized carbons (Fsp3) is 0.829. The molecule has 0 spiro atoms. The van der Waals surface area contributed by atoms with Crippen LogP contribution in [0.3, 0.4) is 0 Å². The Morgan fingerprint density at radius 2 is 1.47 bits per heavy atom. The Balaban J connectivity index is 2.32. The summed E-state index contributed by atoms with van der Waals surface area (Å²) in [4.78, 5) is 51.8. The quantitative estimate of drug-likeness (QED) is 0.182. The van der Waals surface area contributed by atoms with E-state index < -0.39 is 83.2 Å². The number of carbonyl (C=O) groups excluding carboxylic acids is 4. The number of aliphatic hydroxyl groups excluding tert-OH is 2. The van der Waals surface area contributed by atoms with Crippen molar-refractivity contribution < 1.29 is 48.3 Å². The van der Waals surface area contributed by atoms with E-state index >= 15 is 0 Å². The molecule has 2 fully saturated rings. The molecular weight excluding hydrogens is 580 g/mol. The van der Waals surface area contributed by atoms with Crippen molar-refractivity contribution in [3.63, 3.8) is 0 Å². The summed E-state index contributed by atoms with van der Waals surface area (Å²) in [5.41, 5.74) is -1.55. The van der Waals surface area contributed by atoms with Gasteiger partial charge in [-0.25, -0.2) is 0 Å². The Hall–Kier alpha value is -2.46. The highest BCUT2D eigenvalue weighted by atomic mass is 16.6. The van der Waals surface area contributed by atoms with Gasteiger partial charge in [-0.1, -0.05) is 61.5 Å². The van der Waals surface area contributed by atoms with Crippen LogP contribution in [0.1, 0.15) is 108 Å². The molecule has 10 nitrogen and oxygen atoms in total. The first-order valence-electron chi connectivity index (χ1n) is 16.7. The molecule has 45 heavy (non-hydrogen) atoms. The second-order valence-corrected chi connectivity index (χ2v) is 14.8. The van der Waals surface area contributed by atoms with Crippen LogP contribution in [0.5, 0.6) is 0 Å². The van der Waals surface area contributed by atoms with Crippen LogP contribution in [0.15, 0.2) is 11.6 Å². The molecule has 256 valence electrons. The molecule has 0 saturated heterocycles. The summed E-state index contributed by atoms with van der Waals surface area (Å²) in [7, 11) is 0. The topological polar surface area (TPSA) is 146 Å². The first-order chi connectivity index (χ1) is 20.9. The average Bonchev–Trinajstić information content (AvgIpc) is 3.11. The highest BCUT2D eigenvalue weighted by molar-refractivity contribution is 5.71. The largest absolute Gasteiger partial charge is 0.462 e. The summed E-state index contributed by atoms with van der Waals surface area (Å²) in [5, 5.41) is 23.7. The minimum Gasteiger partial charge on any atom is -0.462 e. The van der Waals surface area contributed by atoms with E-state index in [1.165, 1.54) is 6.92 Å². The van der Waals surface area contributed by atoms with Crippen molar-refractivity contribution in [3.05, 3.63) is 11.6 Å². The third-order valence-electron chi connectivity index (χ3n) is 10.5. The monoisotopic (exact) mass is 636 g/mol. The molecule has 0 aliphatic heterocycles. The molecule has 10 heteroatoms. The molecule has 3 aliphatic rings. The van der Waals surface area contributed by atoms with Gasteiger partial charge < -0.3 is 29.2 Å². The number of fused-ring (bicyclic) bond motifs is 3. The van der Waals surface area contributed by atoms with E-state index in [4.69, 9.17) is 18.9 Å². The minimum absolute atomic E-state index is 0.0300. The summed E-state index contributed by atoms with van der Waals surface area (Å²) in [6.07, 6.45) is -2.78. The summed E-state index contributed by atoms with van der Waals surface area (Å²) in [5.74, 6) is -3.27. The van der Waals surface area contributed by atoms with E-state index in [9.17, 15) is 29.4 Å². The average molecular weight is 637 g/mol. The number of carbonyl (C=O) groups is 4. The molecular formula is C35H56O10. The molecule has 0 heterocycles. The summed E-state index contributed by atoms with van der Waals surface area (Å²) in [6.45, 7) is 18.4. The lowest BCUT2D eigenvalue weighted by atomic mass is 9.49. The molecule has 11 unspecified atom stereocenters. The molecule has 0 aromatic rings. The zero-order valence-electron chi connectivity index (χ0n) is 28.8. The first kappa shape index (κ1) is 37.0. The van der Waals surface area contributed by atoms with Crippen LogP contribution in [0, 0.1) is 40.4 Å². The normalized spacial score (nSPS) is 37.6. The summed E-state index contributed by atoms with van der Waals surface area (Å²) >= 11 is 0. The Bertz CT molecular complexity index is 1130. The Labute approximate surface area is 268 Å².